The number of amides is 1. The number of halogens is 2. The summed E-state index contributed by atoms with van der Waals surface area (Å²) in [4.78, 5) is 31.3. The summed E-state index contributed by atoms with van der Waals surface area (Å²) in [5.74, 6) is -4.84. The summed E-state index contributed by atoms with van der Waals surface area (Å²) in [6.45, 7) is 1.37. The van der Waals surface area contributed by atoms with Crippen molar-refractivity contribution in [3.63, 3.8) is 0 Å². The molecule has 0 saturated heterocycles. The highest BCUT2D eigenvalue weighted by molar-refractivity contribution is 5.95. The Balaban J connectivity index is 2.97. The number of rotatable bonds is 5. The van der Waals surface area contributed by atoms with Gasteiger partial charge in [0.05, 0.1) is 23.0 Å². The van der Waals surface area contributed by atoms with Crippen molar-refractivity contribution in [3.05, 3.63) is 39.4 Å². The molecular weight excluding hydrogens is 278 g/mol. The summed E-state index contributed by atoms with van der Waals surface area (Å²) in [6, 6.07) is -0.111. The lowest BCUT2D eigenvalue weighted by molar-refractivity contribution is -0.387. The van der Waals surface area contributed by atoms with E-state index < -0.39 is 52.1 Å². The molecule has 0 aliphatic rings. The van der Waals surface area contributed by atoms with Gasteiger partial charge in [-0.05, 0) is 13.0 Å². The lowest BCUT2D eigenvalue weighted by atomic mass is 10.1. The van der Waals surface area contributed by atoms with Crippen LogP contribution in [0.4, 0.5) is 14.5 Å². The Morgan fingerprint density at radius 3 is 2.50 bits per heavy atom. The molecule has 0 heterocycles. The zero-order chi connectivity index (χ0) is 15.4. The first-order valence-corrected chi connectivity index (χ1v) is 5.38. The molecule has 0 spiro atoms. The number of nitrogens with one attached hydrogen (secondary N) is 1. The second-order valence-corrected chi connectivity index (χ2v) is 4.01. The van der Waals surface area contributed by atoms with E-state index in [1.165, 1.54) is 6.92 Å². The van der Waals surface area contributed by atoms with E-state index in [2.05, 4.69) is 5.32 Å². The molecule has 1 aromatic carbocycles. The average molecular weight is 288 g/mol. The standard InChI is InChI=1S/C11H10F2N2O5/c1-5(2-10(16)17)14-11(18)6-3-8(13)9(15(19)20)4-7(6)12/h3-5H,2H2,1H3,(H,14,18)(H,16,17). The summed E-state index contributed by atoms with van der Waals surface area (Å²) in [5.41, 5.74) is -1.82. The highest BCUT2D eigenvalue weighted by atomic mass is 19.1. The topological polar surface area (TPSA) is 110 Å². The van der Waals surface area contributed by atoms with Crippen LogP contribution < -0.4 is 5.32 Å². The van der Waals surface area contributed by atoms with Gasteiger partial charge >= 0.3 is 11.7 Å². The quantitative estimate of drug-likeness (QED) is 0.629. The molecule has 0 aromatic heterocycles. The molecule has 1 unspecified atom stereocenters. The van der Waals surface area contributed by atoms with Gasteiger partial charge in [-0.2, -0.15) is 4.39 Å². The number of carbonyl (C=O) groups excluding carboxylic acids is 1. The van der Waals surface area contributed by atoms with E-state index >= 15 is 0 Å². The zero-order valence-electron chi connectivity index (χ0n) is 10.2. The monoisotopic (exact) mass is 288 g/mol. The lowest BCUT2D eigenvalue weighted by Crippen LogP contribution is -2.34. The van der Waals surface area contributed by atoms with Gasteiger partial charge < -0.3 is 10.4 Å². The van der Waals surface area contributed by atoms with Gasteiger partial charge in [0.25, 0.3) is 5.91 Å². The molecule has 0 fully saturated rings. The third-order valence-corrected chi connectivity index (χ3v) is 2.34. The molecule has 0 saturated carbocycles. The summed E-state index contributed by atoms with van der Waals surface area (Å²) in [5, 5.41) is 21.0. The zero-order valence-corrected chi connectivity index (χ0v) is 10.2. The third-order valence-electron chi connectivity index (χ3n) is 2.34. The number of aliphatic carboxylic acids is 1. The Bertz CT molecular complexity index is 576. The molecule has 2 N–H and O–H groups in total. The van der Waals surface area contributed by atoms with E-state index in [0.29, 0.717) is 12.1 Å². The van der Waals surface area contributed by atoms with Gasteiger partial charge in [0.1, 0.15) is 5.82 Å². The lowest BCUT2D eigenvalue weighted by Gasteiger charge is -2.12. The van der Waals surface area contributed by atoms with Crippen molar-refractivity contribution in [2.75, 3.05) is 0 Å². The van der Waals surface area contributed by atoms with Gasteiger partial charge in [0, 0.05) is 6.04 Å². The van der Waals surface area contributed by atoms with Crippen LogP contribution in [0.15, 0.2) is 12.1 Å². The molecule has 108 valence electrons. The van der Waals surface area contributed by atoms with Crippen LogP contribution in [-0.4, -0.2) is 27.9 Å². The van der Waals surface area contributed by atoms with Crippen molar-refractivity contribution in [2.45, 2.75) is 19.4 Å². The predicted molar refractivity (Wildman–Crippen MR) is 62.2 cm³/mol. The predicted octanol–water partition coefficient (Wildman–Crippen LogP) is 1.47. The van der Waals surface area contributed by atoms with Gasteiger partial charge in [0.2, 0.25) is 5.82 Å². The largest absolute Gasteiger partial charge is 0.481 e. The summed E-state index contributed by atoms with van der Waals surface area (Å²) >= 11 is 0. The molecule has 9 heteroatoms. The van der Waals surface area contributed by atoms with Crippen molar-refractivity contribution in [3.8, 4) is 0 Å². The molecule has 0 aliphatic carbocycles. The number of nitro benzene ring substituents is 1. The molecular formula is C11H10F2N2O5. The number of nitrogens with zero attached hydrogens (tertiary/aromatic N) is 1. The van der Waals surface area contributed by atoms with E-state index in [9.17, 15) is 28.5 Å². The van der Waals surface area contributed by atoms with Crippen LogP contribution in [-0.2, 0) is 4.79 Å². The fourth-order valence-corrected chi connectivity index (χ4v) is 1.46. The van der Waals surface area contributed by atoms with Crippen LogP contribution in [0.1, 0.15) is 23.7 Å². The highest BCUT2D eigenvalue weighted by Gasteiger charge is 2.23. The summed E-state index contributed by atoms with van der Waals surface area (Å²) in [6.07, 6.45) is -0.400. The van der Waals surface area contributed by atoms with Crippen LogP contribution in [0, 0.1) is 21.7 Å². The minimum Gasteiger partial charge on any atom is -0.481 e. The van der Waals surface area contributed by atoms with Crippen LogP contribution >= 0.6 is 0 Å². The molecule has 1 amide bonds. The van der Waals surface area contributed by atoms with Crippen molar-refractivity contribution < 1.29 is 28.4 Å². The van der Waals surface area contributed by atoms with Crippen molar-refractivity contribution in [1.82, 2.24) is 5.32 Å². The Morgan fingerprint density at radius 1 is 1.40 bits per heavy atom. The highest BCUT2D eigenvalue weighted by Crippen LogP contribution is 2.21. The van der Waals surface area contributed by atoms with Gasteiger partial charge in [-0.3, -0.25) is 19.7 Å². The Hall–Kier alpha value is -2.58. The Kier molecular flexibility index (Phi) is 4.68. The summed E-state index contributed by atoms with van der Waals surface area (Å²) in [7, 11) is 0. The van der Waals surface area contributed by atoms with Crippen LogP contribution in [0.2, 0.25) is 0 Å². The first-order chi connectivity index (χ1) is 9.22. The third kappa shape index (κ3) is 3.70. The number of carbonyl (C=O) groups is 2. The van der Waals surface area contributed by atoms with E-state index in [1.54, 1.807) is 0 Å². The molecule has 20 heavy (non-hydrogen) atoms. The number of nitro groups is 1. The number of hydrogen-bond acceptors (Lipinski definition) is 4. The fraction of sp³-hybridized carbons (Fsp3) is 0.273. The van der Waals surface area contributed by atoms with E-state index in [1.807, 2.05) is 0 Å². The maximum Gasteiger partial charge on any atom is 0.307 e. The number of hydrogen-bond donors (Lipinski definition) is 2. The molecule has 0 aliphatic heterocycles. The van der Waals surface area contributed by atoms with Gasteiger partial charge in [-0.15, -0.1) is 0 Å². The number of benzene rings is 1. The normalized spacial score (nSPS) is 11.8. The minimum absolute atomic E-state index is 0.298. The first-order valence-electron chi connectivity index (χ1n) is 5.38. The minimum atomic E-state index is -1.35. The van der Waals surface area contributed by atoms with Crippen LogP contribution in [0.25, 0.3) is 0 Å². The van der Waals surface area contributed by atoms with Gasteiger partial charge in [0.15, 0.2) is 0 Å². The Morgan fingerprint density at radius 2 is 2.00 bits per heavy atom. The molecule has 7 nitrogen and oxygen atoms in total. The summed E-state index contributed by atoms with van der Waals surface area (Å²) < 4.78 is 26.8. The molecule has 1 atom stereocenters. The molecule has 1 aromatic rings. The Labute approximate surface area is 111 Å². The number of carboxylic acid groups (broad SMARTS) is 1. The van der Waals surface area contributed by atoms with Crippen LogP contribution in [0.3, 0.4) is 0 Å². The van der Waals surface area contributed by atoms with Crippen molar-refractivity contribution >= 4 is 17.6 Å². The second-order valence-electron chi connectivity index (χ2n) is 4.01. The molecule has 0 bridgehead atoms. The molecule has 0 radical (unpaired) electrons. The van der Waals surface area contributed by atoms with Crippen molar-refractivity contribution in [2.24, 2.45) is 0 Å². The smallest absolute Gasteiger partial charge is 0.307 e. The first kappa shape index (κ1) is 15.5. The average Bonchev–Trinajstić information content (AvgIpc) is 2.29. The molecule has 1 rings (SSSR count). The van der Waals surface area contributed by atoms with Crippen LogP contribution in [0.5, 0.6) is 0 Å². The number of carboxylic acids is 1. The van der Waals surface area contributed by atoms with Crippen molar-refractivity contribution in [1.29, 1.82) is 0 Å². The van der Waals surface area contributed by atoms with E-state index in [4.69, 9.17) is 5.11 Å². The fourth-order valence-electron chi connectivity index (χ4n) is 1.46. The van der Waals surface area contributed by atoms with Gasteiger partial charge in [-0.1, -0.05) is 0 Å². The van der Waals surface area contributed by atoms with Gasteiger partial charge in [-0.25, -0.2) is 4.39 Å². The van der Waals surface area contributed by atoms with E-state index in [-0.39, 0.29) is 0 Å². The van der Waals surface area contributed by atoms with E-state index in [0.717, 1.165) is 0 Å². The maximum atomic E-state index is 13.5. The SMILES string of the molecule is CC(CC(=O)O)NC(=O)c1cc(F)c([N+](=O)[O-])cc1F. The second kappa shape index (κ2) is 6.04. The maximum absolute atomic E-state index is 13.5.